The van der Waals surface area contributed by atoms with Gasteiger partial charge in [-0.1, -0.05) is 26.3 Å². The van der Waals surface area contributed by atoms with Crippen molar-refractivity contribution in [2.45, 2.75) is 102 Å². The maximum absolute atomic E-state index is 13.9. The van der Waals surface area contributed by atoms with Crippen molar-refractivity contribution in [3.05, 3.63) is 88.0 Å². The number of anilines is 2. The molecule has 3 aromatic rings. The third-order valence-electron chi connectivity index (χ3n) is 13.1. The summed E-state index contributed by atoms with van der Waals surface area (Å²) >= 11 is 1.88. The Balaban J connectivity index is 0.872. The van der Waals surface area contributed by atoms with Crippen LogP contribution in [-0.4, -0.2) is 139 Å². The summed E-state index contributed by atoms with van der Waals surface area (Å²) in [5.74, 6) is 1.10. The first-order valence-electron chi connectivity index (χ1n) is 24.2. The first-order valence-corrected chi connectivity index (χ1v) is 25.2. The molecule has 5 N–H and O–H groups in total. The summed E-state index contributed by atoms with van der Waals surface area (Å²) in [6.07, 6.45) is 9.45. The van der Waals surface area contributed by atoms with Gasteiger partial charge in [0.15, 0.2) is 5.78 Å². The van der Waals surface area contributed by atoms with E-state index in [1.165, 1.54) is 6.08 Å². The van der Waals surface area contributed by atoms with Crippen LogP contribution in [0.2, 0.25) is 0 Å². The van der Waals surface area contributed by atoms with Gasteiger partial charge in [0.05, 0.1) is 18.7 Å². The SMILES string of the molecule is C=CC(=O)N(c1cc(C(=O)NCc2c(CCC)cc(C)[nH]c2=O)cc(-c2ccc(N3CCN(CCC(=O)COCCNC(=O)CCCC[C@@H]4SC[C@@H]5NC(=O)N[C@@H]54)CC3)nc2)c1)C1CCOCC1. The normalized spacial score (nSPS) is 19.5. The Kier molecular flexibility index (Phi) is 18.2. The summed E-state index contributed by atoms with van der Waals surface area (Å²) in [4.78, 5) is 90.8. The van der Waals surface area contributed by atoms with Crippen molar-refractivity contribution >= 4 is 52.8 Å². The molecule has 0 aliphatic carbocycles. The third-order valence-corrected chi connectivity index (χ3v) is 14.6. The molecule has 18 heteroatoms. The monoisotopic (exact) mass is 953 g/mol. The maximum Gasteiger partial charge on any atom is 0.315 e. The van der Waals surface area contributed by atoms with Crippen molar-refractivity contribution in [3.63, 3.8) is 0 Å². The number of unbranched alkanes of at least 4 members (excludes halogenated alkanes) is 1. The van der Waals surface area contributed by atoms with E-state index in [4.69, 9.17) is 14.5 Å². The van der Waals surface area contributed by atoms with E-state index in [9.17, 15) is 28.8 Å². The predicted octanol–water partition coefficient (Wildman–Crippen LogP) is 4.27. The van der Waals surface area contributed by atoms with E-state index < -0.39 is 0 Å². The average molecular weight is 954 g/mol. The number of pyridine rings is 2. The highest BCUT2D eigenvalue weighted by atomic mass is 32.2. The Hall–Kier alpha value is -5.56. The fourth-order valence-corrected chi connectivity index (χ4v) is 11.0. The van der Waals surface area contributed by atoms with Crippen molar-refractivity contribution < 1.29 is 33.4 Å². The van der Waals surface area contributed by atoms with E-state index in [0.717, 1.165) is 80.3 Å². The second kappa shape index (κ2) is 24.6. The number of benzene rings is 1. The summed E-state index contributed by atoms with van der Waals surface area (Å²) in [5, 5.41) is 12.2. The number of Topliss-reactive ketones (excluding diaryl/α,β-unsaturated/α-hetero) is 1. The number of aryl methyl sites for hydroxylation is 2. The molecule has 0 bridgehead atoms. The zero-order chi connectivity index (χ0) is 48.0. The molecule has 0 saturated carbocycles. The molecule has 4 fully saturated rings. The zero-order valence-electron chi connectivity index (χ0n) is 39.4. The Bertz CT molecular complexity index is 2310. The predicted molar refractivity (Wildman–Crippen MR) is 264 cm³/mol. The molecule has 3 atom stereocenters. The number of H-pyrrole nitrogens is 1. The second-order valence-corrected chi connectivity index (χ2v) is 19.3. The van der Waals surface area contributed by atoms with Gasteiger partial charge in [-0.25, -0.2) is 9.78 Å². The van der Waals surface area contributed by atoms with Crippen molar-refractivity contribution in [1.29, 1.82) is 0 Å². The smallest absolute Gasteiger partial charge is 0.315 e. The van der Waals surface area contributed by atoms with Gasteiger partial charge in [0.25, 0.3) is 17.4 Å². The number of ether oxygens (including phenoxy) is 2. The van der Waals surface area contributed by atoms with Crippen LogP contribution in [0.3, 0.4) is 0 Å². The minimum Gasteiger partial charge on any atom is -0.381 e. The third kappa shape index (κ3) is 13.6. The highest BCUT2D eigenvalue weighted by Gasteiger charge is 2.42. The molecular formula is C50H67N9O8S. The van der Waals surface area contributed by atoms with Gasteiger partial charge in [0.2, 0.25) is 5.91 Å². The Morgan fingerprint density at radius 3 is 2.56 bits per heavy atom. The number of carbonyl (C=O) groups excluding carboxylic acids is 5. The van der Waals surface area contributed by atoms with E-state index in [1.807, 2.05) is 43.0 Å². The van der Waals surface area contributed by atoms with Crippen LogP contribution in [-0.2, 0) is 36.8 Å². The quantitative estimate of drug-likeness (QED) is 0.0514. The van der Waals surface area contributed by atoms with Crippen molar-refractivity contribution in [1.82, 2.24) is 36.1 Å². The molecule has 1 aromatic carbocycles. The van der Waals surface area contributed by atoms with E-state index >= 15 is 0 Å². The van der Waals surface area contributed by atoms with Crippen LogP contribution >= 0.6 is 11.8 Å². The Morgan fingerprint density at radius 2 is 1.81 bits per heavy atom. The topological polar surface area (TPSA) is 207 Å². The van der Waals surface area contributed by atoms with E-state index in [1.54, 1.807) is 23.2 Å². The van der Waals surface area contributed by atoms with E-state index in [2.05, 4.69) is 49.6 Å². The van der Waals surface area contributed by atoms with Gasteiger partial charge >= 0.3 is 6.03 Å². The van der Waals surface area contributed by atoms with Crippen LogP contribution in [0.15, 0.2) is 60.0 Å². The minimum absolute atomic E-state index is 0.0143. The molecule has 7 rings (SSSR count). The number of nitrogens with one attached hydrogen (secondary N) is 5. The average Bonchev–Trinajstić information content (AvgIpc) is 3.91. The minimum atomic E-state index is -0.373. The second-order valence-electron chi connectivity index (χ2n) is 18.0. The van der Waals surface area contributed by atoms with Crippen molar-refractivity contribution in [2.24, 2.45) is 0 Å². The molecule has 4 aliphatic heterocycles. The Labute approximate surface area is 402 Å². The molecule has 68 heavy (non-hydrogen) atoms. The first-order chi connectivity index (χ1) is 33.0. The lowest BCUT2D eigenvalue weighted by Gasteiger charge is -2.35. The van der Waals surface area contributed by atoms with Crippen LogP contribution in [0.1, 0.15) is 85.5 Å². The number of fused-ring (bicyclic) bond motifs is 1. The lowest BCUT2D eigenvalue weighted by molar-refractivity contribution is -0.124. The molecule has 5 amide bonds. The number of hydrogen-bond donors (Lipinski definition) is 5. The summed E-state index contributed by atoms with van der Waals surface area (Å²) in [6, 6.07) is 11.5. The fourth-order valence-electron chi connectivity index (χ4n) is 9.46. The number of aromatic amines is 1. The summed E-state index contributed by atoms with van der Waals surface area (Å²) in [6.45, 7) is 13.1. The number of piperazine rings is 1. The van der Waals surface area contributed by atoms with Gasteiger partial charge in [0.1, 0.15) is 12.4 Å². The standard InChI is InChI=1S/C50H67N9O8S/c1-4-8-34-25-33(3)54-49(64)41(34)30-53-48(63)37-26-36(27-39(28-37)59(46(62)5-2)38-14-22-66-23-15-38)35-11-12-44(52-29-35)58-20-18-57(19-21-58)17-13-40(60)31-67-24-16-51-45(61)10-7-6-9-43-47-42(32-68-43)55-50(65)56-47/h5,11-12,25-29,38,42-43,47H,2,4,6-10,13-24,30-32H2,1,3H3,(H,51,61)(H,53,63)(H,54,64)(H2,55,56,65)/t42-,43-,47-/m0/s1. The molecule has 6 heterocycles. The fraction of sp³-hybridized carbons (Fsp3) is 0.540. The maximum atomic E-state index is 13.9. The van der Waals surface area contributed by atoms with Crippen LogP contribution < -0.4 is 36.6 Å². The van der Waals surface area contributed by atoms with Crippen molar-refractivity contribution in [2.75, 3.05) is 81.2 Å². The molecule has 17 nitrogen and oxygen atoms in total. The largest absolute Gasteiger partial charge is 0.381 e. The number of thioether (sulfide) groups is 1. The molecule has 0 unspecified atom stereocenters. The van der Waals surface area contributed by atoms with Gasteiger partial charge < -0.3 is 45.5 Å². The number of hydrogen-bond acceptors (Lipinski definition) is 12. The van der Waals surface area contributed by atoms with Crippen LogP contribution in [0, 0.1) is 6.92 Å². The van der Waals surface area contributed by atoms with E-state index in [-0.39, 0.29) is 73.0 Å². The van der Waals surface area contributed by atoms with Crippen LogP contribution in [0.4, 0.5) is 16.3 Å². The number of aromatic nitrogens is 2. The molecule has 0 spiro atoms. The summed E-state index contributed by atoms with van der Waals surface area (Å²) < 4.78 is 11.2. The molecule has 4 saturated heterocycles. The Morgan fingerprint density at radius 1 is 1.00 bits per heavy atom. The van der Waals surface area contributed by atoms with Gasteiger partial charge in [0, 0.05) is 123 Å². The number of ketones is 1. The zero-order valence-corrected chi connectivity index (χ0v) is 40.3. The van der Waals surface area contributed by atoms with Gasteiger partial charge in [-0.2, -0.15) is 11.8 Å². The number of urea groups is 1. The van der Waals surface area contributed by atoms with Crippen molar-refractivity contribution in [3.8, 4) is 11.1 Å². The van der Waals surface area contributed by atoms with E-state index in [0.29, 0.717) is 86.0 Å². The highest BCUT2D eigenvalue weighted by molar-refractivity contribution is 8.00. The number of amides is 5. The van der Waals surface area contributed by atoms with Gasteiger partial charge in [-0.3, -0.25) is 28.9 Å². The number of nitrogens with zero attached hydrogens (tertiary/aromatic N) is 4. The van der Waals surface area contributed by atoms with Crippen LogP contribution in [0.5, 0.6) is 0 Å². The molecule has 366 valence electrons. The van der Waals surface area contributed by atoms with Gasteiger partial charge in [-0.05, 0) is 92.6 Å². The summed E-state index contributed by atoms with van der Waals surface area (Å²) in [7, 11) is 0. The number of rotatable bonds is 23. The molecule has 2 aromatic heterocycles. The van der Waals surface area contributed by atoms with Gasteiger partial charge in [-0.15, -0.1) is 0 Å². The molecular weight excluding hydrogens is 887 g/mol. The lowest BCUT2D eigenvalue weighted by Crippen LogP contribution is -2.47. The number of carbonyl (C=O) groups is 5. The lowest BCUT2D eigenvalue weighted by atomic mass is 9.99. The highest BCUT2D eigenvalue weighted by Crippen LogP contribution is 2.34. The first kappa shape index (κ1) is 50.3. The molecule has 4 aliphatic rings. The van der Waals surface area contributed by atoms with Crippen LogP contribution in [0.25, 0.3) is 11.1 Å². The molecule has 0 radical (unpaired) electrons. The summed E-state index contributed by atoms with van der Waals surface area (Å²) in [5.41, 5.74) is 4.37.